The molecule has 3 heterocycles. The zero-order chi connectivity index (χ0) is 22.6. The van der Waals surface area contributed by atoms with Crippen LogP contribution in [0.1, 0.15) is 6.42 Å². The van der Waals surface area contributed by atoms with Crippen LogP contribution in [-0.2, 0) is 9.59 Å². The fraction of sp³-hybridized carbons (Fsp3) is 0.120. The molecule has 0 aliphatic carbocycles. The van der Waals surface area contributed by atoms with Gasteiger partial charge in [-0.15, -0.1) is 0 Å². The van der Waals surface area contributed by atoms with Crippen LogP contribution in [0.4, 0.5) is 11.4 Å². The maximum atomic E-state index is 12.7. The average Bonchev–Trinajstić information content (AvgIpc) is 3.51. The van der Waals surface area contributed by atoms with Gasteiger partial charge in [0.15, 0.2) is 0 Å². The van der Waals surface area contributed by atoms with Crippen molar-refractivity contribution in [1.29, 1.82) is 0 Å². The third-order valence-electron chi connectivity index (χ3n) is 5.40. The van der Waals surface area contributed by atoms with Crippen molar-refractivity contribution in [1.82, 2.24) is 14.5 Å². The Bertz CT molecular complexity index is 1260. The molecule has 0 spiro atoms. The van der Waals surface area contributed by atoms with Gasteiger partial charge in [0.2, 0.25) is 17.7 Å². The Labute approximate surface area is 190 Å². The Hall–Kier alpha value is -4.46. The lowest BCUT2D eigenvalue weighted by Crippen LogP contribution is -2.28. The van der Waals surface area contributed by atoms with Crippen LogP contribution in [-0.4, -0.2) is 32.9 Å². The minimum Gasteiger partial charge on any atom is -0.439 e. The van der Waals surface area contributed by atoms with E-state index in [2.05, 4.69) is 15.3 Å². The molecule has 33 heavy (non-hydrogen) atoms. The summed E-state index contributed by atoms with van der Waals surface area (Å²) < 4.78 is 7.69. The van der Waals surface area contributed by atoms with Gasteiger partial charge in [0.05, 0.1) is 5.92 Å². The largest absolute Gasteiger partial charge is 0.439 e. The normalized spacial score (nSPS) is 15.5. The minimum atomic E-state index is -0.401. The first kappa shape index (κ1) is 20.4. The minimum absolute atomic E-state index is 0.0470. The Kier molecular flexibility index (Phi) is 5.55. The van der Waals surface area contributed by atoms with E-state index in [0.29, 0.717) is 29.7 Å². The first-order chi connectivity index (χ1) is 16.2. The maximum absolute atomic E-state index is 12.7. The molecule has 8 heteroatoms. The second kappa shape index (κ2) is 8.96. The molecule has 0 bridgehead atoms. The lowest BCUT2D eigenvalue weighted by Gasteiger charge is -2.16. The number of para-hydroxylation sites is 1. The molecule has 1 aliphatic rings. The van der Waals surface area contributed by atoms with Crippen molar-refractivity contribution < 1.29 is 14.3 Å². The molecule has 1 unspecified atom stereocenters. The number of carbonyl (C=O) groups excluding carboxylic acids is 2. The van der Waals surface area contributed by atoms with Crippen LogP contribution in [0.2, 0.25) is 0 Å². The summed E-state index contributed by atoms with van der Waals surface area (Å²) in [6.45, 7) is 0.368. The highest BCUT2D eigenvalue weighted by Gasteiger charge is 2.35. The van der Waals surface area contributed by atoms with Crippen molar-refractivity contribution in [2.75, 3.05) is 16.8 Å². The summed E-state index contributed by atoms with van der Waals surface area (Å²) in [7, 11) is 0. The quantitative estimate of drug-likeness (QED) is 0.490. The molecule has 8 nitrogen and oxygen atoms in total. The van der Waals surface area contributed by atoms with Crippen molar-refractivity contribution in [2.45, 2.75) is 6.42 Å². The Morgan fingerprint density at radius 2 is 1.73 bits per heavy atom. The van der Waals surface area contributed by atoms with Crippen LogP contribution >= 0.6 is 0 Å². The lowest BCUT2D eigenvalue weighted by atomic mass is 10.1. The van der Waals surface area contributed by atoms with E-state index < -0.39 is 5.92 Å². The third kappa shape index (κ3) is 4.59. The van der Waals surface area contributed by atoms with Gasteiger partial charge in [-0.3, -0.25) is 9.59 Å². The monoisotopic (exact) mass is 439 g/mol. The summed E-state index contributed by atoms with van der Waals surface area (Å²) in [5.41, 5.74) is 1.44. The predicted octanol–water partition coefficient (Wildman–Crippen LogP) is 4.05. The first-order valence-corrected chi connectivity index (χ1v) is 10.6. The highest BCUT2D eigenvalue weighted by atomic mass is 16.5. The molecule has 1 saturated heterocycles. The Morgan fingerprint density at radius 1 is 0.970 bits per heavy atom. The van der Waals surface area contributed by atoms with Crippen molar-refractivity contribution >= 4 is 23.2 Å². The number of anilines is 2. The zero-order valence-corrected chi connectivity index (χ0v) is 17.7. The maximum Gasteiger partial charge on any atom is 0.229 e. The number of nitrogens with one attached hydrogen (secondary N) is 1. The van der Waals surface area contributed by atoms with E-state index in [-0.39, 0.29) is 18.2 Å². The van der Waals surface area contributed by atoms with Gasteiger partial charge < -0.3 is 19.5 Å². The summed E-state index contributed by atoms with van der Waals surface area (Å²) >= 11 is 0. The van der Waals surface area contributed by atoms with Gasteiger partial charge in [-0.1, -0.05) is 18.2 Å². The SMILES string of the molecule is O=C(Nc1ccc(Oc2cc(-n3cccc3)ncn2)cc1)C1CC(=O)N(c2ccccc2)C1. The number of rotatable bonds is 6. The molecule has 5 rings (SSSR count). The predicted molar refractivity (Wildman–Crippen MR) is 123 cm³/mol. The molecule has 1 fully saturated rings. The van der Waals surface area contributed by atoms with Crippen LogP contribution in [0.15, 0.2) is 91.5 Å². The Balaban J connectivity index is 1.20. The number of amides is 2. The summed E-state index contributed by atoms with van der Waals surface area (Å²) in [4.78, 5) is 35.1. The highest BCUT2D eigenvalue weighted by Crippen LogP contribution is 2.27. The standard InChI is InChI=1S/C25H21N5O3/c31-24-14-18(16-30(24)20-6-2-1-3-7-20)25(32)28-19-8-10-21(11-9-19)33-23-15-22(26-17-27-23)29-12-4-5-13-29/h1-13,15,17-18H,14,16H2,(H,28,32). The molecule has 164 valence electrons. The summed E-state index contributed by atoms with van der Waals surface area (Å²) in [5.74, 6) is 1.07. The summed E-state index contributed by atoms with van der Waals surface area (Å²) in [5, 5.41) is 2.89. The summed E-state index contributed by atoms with van der Waals surface area (Å²) in [6, 6.07) is 22.0. The molecular weight excluding hydrogens is 418 g/mol. The van der Waals surface area contributed by atoms with E-state index in [9.17, 15) is 9.59 Å². The number of hydrogen-bond donors (Lipinski definition) is 1. The van der Waals surface area contributed by atoms with E-state index in [0.717, 1.165) is 5.69 Å². The topological polar surface area (TPSA) is 89.3 Å². The van der Waals surface area contributed by atoms with Crippen molar-refractivity contribution in [3.8, 4) is 17.4 Å². The van der Waals surface area contributed by atoms with Crippen LogP contribution in [0.3, 0.4) is 0 Å². The van der Waals surface area contributed by atoms with E-state index in [1.807, 2.05) is 59.4 Å². The van der Waals surface area contributed by atoms with Crippen LogP contribution < -0.4 is 15.0 Å². The molecule has 4 aromatic rings. The van der Waals surface area contributed by atoms with E-state index in [1.165, 1.54) is 6.33 Å². The molecule has 1 N–H and O–H groups in total. The number of hydrogen-bond acceptors (Lipinski definition) is 5. The molecule has 2 aromatic carbocycles. The van der Waals surface area contributed by atoms with Crippen LogP contribution in [0.25, 0.3) is 5.82 Å². The van der Waals surface area contributed by atoms with Crippen LogP contribution in [0.5, 0.6) is 11.6 Å². The average molecular weight is 439 g/mol. The molecule has 0 saturated carbocycles. The highest BCUT2D eigenvalue weighted by molar-refractivity contribution is 6.03. The summed E-state index contributed by atoms with van der Waals surface area (Å²) in [6.07, 6.45) is 5.42. The lowest BCUT2D eigenvalue weighted by molar-refractivity contribution is -0.122. The van der Waals surface area contributed by atoms with Gasteiger partial charge >= 0.3 is 0 Å². The third-order valence-corrected chi connectivity index (χ3v) is 5.40. The molecule has 2 amide bonds. The molecule has 2 aromatic heterocycles. The van der Waals surface area contributed by atoms with Crippen LogP contribution in [0, 0.1) is 5.92 Å². The second-order valence-electron chi connectivity index (χ2n) is 7.66. The number of carbonyl (C=O) groups is 2. The van der Waals surface area contributed by atoms with E-state index in [4.69, 9.17) is 4.74 Å². The first-order valence-electron chi connectivity index (χ1n) is 10.6. The molecule has 1 aliphatic heterocycles. The molecular formula is C25H21N5O3. The van der Waals surface area contributed by atoms with Crippen molar-refractivity contribution in [3.63, 3.8) is 0 Å². The van der Waals surface area contributed by atoms with E-state index in [1.54, 1.807) is 35.2 Å². The number of ether oxygens (including phenoxy) is 1. The van der Waals surface area contributed by atoms with Gasteiger partial charge in [-0.25, -0.2) is 9.97 Å². The van der Waals surface area contributed by atoms with Crippen molar-refractivity contribution in [2.24, 2.45) is 5.92 Å². The fourth-order valence-electron chi connectivity index (χ4n) is 3.73. The van der Waals surface area contributed by atoms with Gasteiger partial charge in [-0.2, -0.15) is 0 Å². The van der Waals surface area contributed by atoms with Gasteiger partial charge in [-0.05, 0) is 48.5 Å². The number of nitrogens with zero attached hydrogens (tertiary/aromatic N) is 4. The van der Waals surface area contributed by atoms with E-state index >= 15 is 0 Å². The smallest absolute Gasteiger partial charge is 0.229 e. The van der Waals surface area contributed by atoms with Gasteiger partial charge in [0.1, 0.15) is 17.9 Å². The molecule has 0 radical (unpaired) electrons. The fourth-order valence-corrected chi connectivity index (χ4v) is 3.73. The number of aromatic nitrogens is 3. The number of benzene rings is 2. The van der Waals surface area contributed by atoms with Gasteiger partial charge in [0.25, 0.3) is 0 Å². The van der Waals surface area contributed by atoms with Crippen molar-refractivity contribution in [3.05, 3.63) is 91.5 Å². The molecule has 1 atom stereocenters. The Morgan fingerprint density at radius 3 is 2.48 bits per heavy atom. The zero-order valence-electron chi connectivity index (χ0n) is 17.7. The second-order valence-corrected chi connectivity index (χ2v) is 7.66. The van der Waals surface area contributed by atoms with Gasteiger partial charge in [0, 0.05) is 42.8 Å².